The highest BCUT2D eigenvalue weighted by Gasteiger charge is 2.01. The van der Waals surface area contributed by atoms with Crippen molar-refractivity contribution < 1.29 is 9.53 Å². The van der Waals surface area contributed by atoms with Gasteiger partial charge in [0.05, 0.1) is 12.7 Å². The Kier molecular flexibility index (Phi) is 1.91. The van der Waals surface area contributed by atoms with E-state index in [1.165, 1.54) is 7.11 Å². The number of carbonyl (C=O) groups excluding carboxylic acids is 1. The van der Waals surface area contributed by atoms with Gasteiger partial charge in [-0.2, -0.15) is 0 Å². The number of esters is 1. The molecule has 1 aromatic rings. The highest BCUT2D eigenvalue weighted by Crippen LogP contribution is 2.10. The zero-order valence-electron chi connectivity index (χ0n) is 5.05. The van der Waals surface area contributed by atoms with Crippen molar-refractivity contribution in [1.82, 2.24) is 0 Å². The van der Waals surface area contributed by atoms with E-state index in [4.69, 9.17) is 0 Å². The fourth-order valence-corrected chi connectivity index (χ4v) is 1.33. The van der Waals surface area contributed by atoms with Gasteiger partial charge in [0.25, 0.3) is 0 Å². The van der Waals surface area contributed by atoms with Crippen LogP contribution in [-0.4, -0.2) is 13.1 Å². The van der Waals surface area contributed by atoms with Crippen LogP contribution in [0.1, 0.15) is 10.4 Å². The molecule has 0 bridgehead atoms. The number of hydrogen-bond acceptors (Lipinski definition) is 2. The zero-order chi connectivity index (χ0) is 6.69. The molecule has 0 radical (unpaired) electrons. The summed E-state index contributed by atoms with van der Waals surface area (Å²) in [6, 6.07) is 1.78. The van der Waals surface area contributed by atoms with Gasteiger partial charge in [-0.15, -0.1) is 8.19 Å². The average molecular weight is 142 g/mol. The smallest absolute Gasteiger partial charge is 0.338 e. The summed E-state index contributed by atoms with van der Waals surface area (Å²) >= 11 is 0. The van der Waals surface area contributed by atoms with Gasteiger partial charge in [-0.3, -0.25) is 0 Å². The average Bonchev–Trinajstić information content (AvgIpc) is 2.37. The van der Waals surface area contributed by atoms with Crippen LogP contribution in [0.5, 0.6) is 0 Å². The maximum Gasteiger partial charge on any atom is 0.338 e. The lowest BCUT2D eigenvalue weighted by molar-refractivity contribution is 0.0601. The number of ether oxygens (including phenoxy) is 1. The lowest BCUT2D eigenvalue weighted by atomic mass is 10.4. The normalized spacial score (nSPS) is 9.89. The lowest BCUT2D eigenvalue weighted by Crippen LogP contribution is -1.97. The molecule has 2 nitrogen and oxygen atoms in total. The summed E-state index contributed by atoms with van der Waals surface area (Å²) < 4.78 is 4.48. The van der Waals surface area contributed by atoms with Crippen molar-refractivity contribution in [2.45, 2.75) is 0 Å². The second-order valence-electron chi connectivity index (χ2n) is 1.59. The van der Waals surface area contributed by atoms with Crippen LogP contribution >= 0.6 is 8.19 Å². The molecule has 0 fully saturated rings. The number of rotatable bonds is 1. The Bertz CT molecular complexity index is 191. The Labute approximate surface area is 54.9 Å². The SMILES string of the molecule is COC(=O)c1cc[pH]c1. The standard InChI is InChI=1S/C6H7O2P/c1-8-6(7)5-2-3-9-4-5/h2-4,9H,1H3. The second kappa shape index (κ2) is 2.70. The van der Waals surface area contributed by atoms with Crippen molar-refractivity contribution in [1.29, 1.82) is 0 Å². The summed E-state index contributed by atoms with van der Waals surface area (Å²) in [6.07, 6.45) is 0. The number of methoxy groups -OCH3 is 1. The molecule has 3 heteroatoms. The van der Waals surface area contributed by atoms with Crippen LogP contribution in [0.4, 0.5) is 0 Å². The third-order valence-corrected chi connectivity index (χ3v) is 1.86. The van der Waals surface area contributed by atoms with E-state index >= 15 is 0 Å². The summed E-state index contributed by atoms with van der Waals surface area (Å²) in [5.41, 5.74) is 0.677. The maximum atomic E-state index is 10.7. The summed E-state index contributed by atoms with van der Waals surface area (Å²) in [4.78, 5) is 10.7. The van der Waals surface area contributed by atoms with Gasteiger partial charge in [0.15, 0.2) is 0 Å². The summed E-state index contributed by atoms with van der Waals surface area (Å²) in [7, 11) is 2.03. The van der Waals surface area contributed by atoms with Crippen LogP contribution in [0, 0.1) is 0 Å². The van der Waals surface area contributed by atoms with Crippen molar-refractivity contribution in [2.75, 3.05) is 7.11 Å². The van der Waals surface area contributed by atoms with E-state index in [-0.39, 0.29) is 5.97 Å². The first-order chi connectivity index (χ1) is 4.34. The first-order valence-electron chi connectivity index (χ1n) is 2.55. The topological polar surface area (TPSA) is 26.3 Å². The van der Waals surface area contributed by atoms with Crippen molar-refractivity contribution >= 4 is 14.2 Å². The first-order valence-corrected chi connectivity index (χ1v) is 3.71. The molecule has 1 aromatic heterocycles. The van der Waals surface area contributed by atoms with Gasteiger partial charge >= 0.3 is 5.97 Å². The fraction of sp³-hybridized carbons (Fsp3) is 0.167. The Morgan fingerprint density at radius 2 is 2.56 bits per heavy atom. The van der Waals surface area contributed by atoms with E-state index in [1.807, 2.05) is 11.6 Å². The van der Waals surface area contributed by atoms with Crippen molar-refractivity contribution in [2.24, 2.45) is 0 Å². The quantitative estimate of drug-likeness (QED) is 0.555. The minimum atomic E-state index is -0.240. The molecule has 0 aliphatic heterocycles. The molecule has 1 heterocycles. The van der Waals surface area contributed by atoms with E-state index in [9.17, 15) is 4.79 Å². The molecule has 0 amide bonds. The van der Waals surface area contributed by atoms with Crippen LogP contribution < -0.4 is 0 Å². The van der Waals surface area contributed by atoms with Gasteiger partial charge in [-0.1, -0.05) is 0 Å². The van der Waals surface area contributed by atoms with Gasteiger partial charge in [0.2, 0.25) is 0 Å². The van der Waals surface area contributed by atoms with Crippen molar-refractivity contribution in [3.63, 3.8) is 0 Å². The van der Waals surface area contributed by atoms with E-state index in [0.717, 1.165) is 0 Å². The molecule has 0 aromatic carbocycles. The Morgan fingerprint density at radius 1 is 1.78 bits per heavy atom. The summed E-state index contributed by atoms with van der Waals surface area (Å²) in [5, 5.41) is 0. The number of hydrogen-bond donors (Lipinski definition) is 0. The van der Waals surface area contributed by atoms with Crippen LogP contribution in [0.3, 0.4) is 0 Å². The van der Waals surface area contributed by atoms with Crippen LogP contribution in [0.2, 0.25) is 0 Å². The largest absolute Gasteiger partial charge is 0.465 e. The van der Waals surface area contributed by atoms with Crippen molar-refractivity contribution in [3.05, 3.63) is 23.2 Å². The van der Waals surface area contributed by atoms with Gasteiger partial charge < -0.3 is 4.74 Å². The van der Waals surface area contributed by atoms with E-state index in [2.05, 4.69) is 4.74 Å². The Balaban J connectivity index is 2.77. The zero-order valence-corrected chi connectivity index (χ0v) is 6.05. The molecule has 0 saturated carbocycles. The van der Waals surface area contributed by atoms with Crippen LogP contribution in [-0.2, 0) is 4.74 Å². The van der Waals surface area contributed by atoms with E-state index in [1.54, 1.807) is 6.07 Å². The molecule has 0 N–H and O–H groups in total. The Hall–Kier alpha value is -0.750. The molecule has 1 unspecified atom stereocenters. The molecule has 0 saturated heterocycles. The second-order valence-corrected chi connectivity index (χ2v) is 2.55. The number of carbonyl (C=O) groups is 1. The van der Waals surface area contributed by atoms with Gasteiger partial charge in [-0.05, 0) is 17.7 Å². The molecule has 0 spiro atoms. The molecule has 48 valence electrons. The minimum absolute atomic E-state index is 0.240. The monoisotopic (exact) mass is 142 g/mol. The summed E-state index contributed by atoms with van der Waals surface area (Å²) in [6.45, 7) is 0. The van der Waals surface area contributed by atoms with Crippen LogP contribution in [0.25, 0.3) is 0 Å². The minimum Gasteiger partial charge on any atom is -0.465 e. The first kappa shape index (κ1) is 6.37. The molecule has 1 atom stereocenters. The molecule has 0 aliphatic carbocycles. The molecular formula is C6H7O2P. The molecule has 9 heavy (non-hydrogen) atoms. The maximum absolute atomic E-state index is 10.7. The predicted molar refractivity (Wildman–Crippen MR) is 37.3 cm³/mol. The molecule has 0 aliphatic rings. The van der Waals surface area contributed by atoms with Crippen LogP contribution in [0.15, 0.2) is 17.7 Å². The lowest BCUT2D eigenvalue weighted by Gasteiger charge is -1.90. The third-order valence-electron chi connectivity index (χ3n) is 1.02. The molecular weight excluding hydrogens is 135 g/mol. The van der Waals surface area contributed by atoms with E-state index in [0.29, 0.717) is 13.8 Å². The third kappa shape index (κ3) is 1.33. The highest BCUT2D eigenvalue weighted by atomic mass is 31.0. The predicted octanol–water partition coefficient (Wildman–Crippen LogP) is 1.50. The Morgan fingerprint density at radius 3 is 3.00 bits per heavy atom. The van der Waals surface area contributed by atoms with Gasteiger partial charge in [0, 0.05) is 0 Å². The highest BCUT2D eigenvalue weighted by molar-refractivity contribution is 7.28. The van der Waals surface area contributed by atoms with E-state index < -0.39 is 0 Å². The van der Waals surface area contributed by atoms with Gasteiger partial charge in [-0.25, -0.2) is 4.79 Å². The van der Waals surface area contributed by atoms with Gasteiger partial charge in [0.1, 0.15) is 0 Å². The summed E-state index contributed by atoms with van der Waals surface area (Å²) in [5.74, 6) is 3.58. The molecule has 1 rings (SSSR count). The fourth-order valence-electron chi connectivity index (χ4n) is 0.569. The van der Waals surface area contributed by atoms with Crippen molar-refractivity contribution in [3.8, 4) is 0 Å².